The second-order valence-electron chi connectivity index (χ2n) is 6.00. The van der Waals surface area contributed by atoms with E-state index >= 15 is 0 Å². The van der Waals surface area contributed by atoms with Crippen molar-refractivity contribution < 1.29 is 14.4 Å². The fraction of sp³-hybridized carbons (Fsp3) is 0.786. The third-order valence-electron chi connectivity index (χ3n) is 3.82. The van der Waals surface area contributed by atoms with Gasteiger partial charge < -0.3 is 10.2 Å². The van der Waals surface area contributed by atoms with E-state index < -0.39 is 12.1 Å². The lowest BCUT2D eigenvalue weighted by Crippen LogP contribution is -2.45. The van der Waals surface area contributed by atoms with Crippen LogP contribution in [-0.4, -0.2) is 53.3 Å². The zero-order chi connectivity index (χ0) is 14.7. The van der Waals surface area contributed by atoms with Crippen LogP contribution < -0.4 is 5.32 Å². The highest BCUT2D eigenvalue weighted by Gasteiger charge is 2.39. The molecule has 6 heteroatoms. The van der Waals surface area contributed by atoms with Crippen molar-refractivity contribution in [2.45, 2.75) is 45.6 Å². The topological polar surface area (TPSA) is 69.7 Å². The van der Waals surface area contributed by atoms with Gasteiger partial charge in [0, 0.05) is 13.1 Å². The minimum absolute atomic E-state index is 0.126. The van der Waals surface area contributed by atoms with Gasteiger partial charge in [-0.25, -0.2) is 4.79 Å². The number of hydrogen-bond donors (Lipinski definition) is 1. The van der Waals surface area contributed by atoms with Crippen LogP contribution in [0.25, 0.3) is 0 Å². The number of hydrogen-bond acceptors (Lipinski definition) is 3. The Kier molecular flexibility index (Phi) is 4.62. The predicted octanol–water partition coefficient (Wildman–Crippen LogP) is 0.965. The van der Waals surface area contributed by atoms with Crippen molar-refractivity contribution in [1.82, 2.24) is 15.1 Å². The Morgan fingerprint density at radius 3 is 2.50 bits per heavy atom. The highest BCUT2D eigenvalue weighted by atomic mass is 16.2. The molecule has 2 aliphatic rings. The Bertz CT molecular complexity index is 402. The summed E-state index contributed by atoms with van der Waals surface area (Å²) in [6.07, 6.45) is 3.76. The van der Waals surface area contributed by atoms with Crippen molar-refractivity contribution in [3.8, 4) is 0 Å². The first-order valence-electron chi connectivity index (χ1n) is 7.38. The number of imide groups is 1. The summed E-state index contributed by atoms with van der Waals surface area (Å²) in [4.78, 5) is 38.9. The average molecular weight is 281 g/mol. The standard InChI is InChI=1S/C14H23N3O3/c1-10(2)8-11-13(19)17(14(20)15-11)9-12(18)16-6-4-3-5-7-16/h10-11H,3-9H2,1-2H3,(H,15,20). The quantitative estimate of drug-likeness (QED) is 0.780. The number of amides is 4. The molecule has 2 saturated heterocycles. The van der Waals surface area contributed by atoms with Crippen LogP contribution in [0.5, 0.6) is 0 Å². The van der Waals surface area contributed by atoms with Gasteiger partial charge in [-0.2, -0.15) is 0 Å². The van der Waals surface area contributed by atoms with Gasteiger partial charge >= 0.3 is 6.03 Å². The van der Waals surface area contributed by atoms with Gasteiger partial charge in [-0.3, -0.25) is 14.5 Å². The number of likely N-dealkylation sites (tertiary alicyclic amines) is 1. The summed E-state index contributed by atoms with van der Waals surface area (Å²) in [5, 5.41) is 2.66. The van der Waals surface area contributed by atoms with Crippen molar-refractivity contribution >= 4 is 17.8 Å². The first-order chi connectivity index (χ1) is 9.49. The van der Waals surface area contributed by atoms with Crippen molar-refractivity contribution in [2.75, 3.05) is 19.6 Å². The molecule has 2 rings (SSSR count). The molecule has 2 fully saturated rings. The van der Waals surface area contributed by atoms with Crippen LogP contribution >= 0.6 is 0 Å². The highest BCUT2D eigenvalue weighted by molar-refractivity contribution is 6.06. The number of rotatable bonds is 4. The lowest BCUT2D eigenvalue weighted by atomic mass is 10.0. The maximum Gasteiger partial charge on any atom is 0.325 e. The third kappa shape index (κ3) is 3.29. The first kappa shape index (κ1) is 14.8. The molecule has 4 amide bonds. The van der Waals surface area contributed by atoms with Gasteiger partial charge in [-0.05, 0) is 31.6 Å². The van der Waals surface area contributed by atoms with Crippen LogP contribution in [0.15, 0.2) is 0 Å². The van der Waals surface area contributed by atoms with Gasteiger partial charge in [0.1, 0.15) is 12.6 Å². The van der Waals surface area contributed by atoms with Crippen molar-refractivity contribution in [1.29, 1.82) is 0 Å². The van der Waals surface area contributed by atoms with E-state index in [2.05, 4.69) is 5.32 Å². The van der Waals surface area contributed by atoms with Crippen molar-refractivity contribution in [3.63, 3.8) is 0 Å². The molecule has 0 radical (unpaired) electrons. The summed E-state index contributed by atoms with van der Waals surface area (Å²) in [5.41, 5.74) is 0. The van der Waals surface area contributed by atoms with Crippen LogP contribution in [0.4, 0.5) is 4.79 Å². The number of piperidine rings is 1. The molecule has 1 N–H and O–H groups in total. The number of nitrogens with zero attached hydrogens (tertiary/aromatic N) is 2. The molecule has 1 unspecified atom stereocenters. The molecule has 0 saturated carbocycles. The number of urea groups is 1. The average Bonchev–Trinajstić information content (AvgIpc) is 2.66. The molecule has 0 spiro atoms. The van der Waals surface area contributed by atoms with E-state index in [0.29, 0.717) is 12.3 Å². The maximum atomic E-state index is 12.1. The van der Waals surface area contributed by atoms with E-state index in [4.69, 9.17) is 0 Å². The van der Waals surface area contributed by atoms with Crippen molar-refractivity contribution in [3.05, 3.63) is 0 Å². The number of carbonyl (C=O) groups excluding carboxylic acids is 3. The second-order valence-corrected chi connectivity index (χ2v) is 6.00. The molecule has 0 aromatic heterocycles. The van der Waals surface area contributed by atoms with E-state index in [1.807, 2.05) is 13.8 Å². The Morgan fingerprint density at radius 1 is 1.25 bits per heavy atom. The van der Waals surface area contributed by atoms with Crippen LogP contribution in [0.1, 0.15) is 39.5 Å². The fourth-order valence-corrected chi connectivity index (χ4v) is 2.74. The Labute approximate surface area is 119 Å². The summed E-state index contributed by atoms with van der Waals surface area (Å²) >= 11 is 0. The highest BCUT2D eigenvalue weighted by Crippen LogP contribution is 2.15. The third-order valence-corrected chi connectivity index (χ3v) is 3.82. The van der Waals surface area contributed by atoms with Gasteiger partial charge in [0.05, 0.1) is 0 Å². The largest absolute Gasteiger partial charge is 0.341 e. The molecule has 0 aromatic rings. The molecular weight excluding hydrogens is 258 g/mol. The molecule has 0 bridgehead atoms. The lowest BCUT2D eigenvalue weighted by Gasteiger charge is -2.27. The van der Waals surface area contributed by atoms with Gasteiger partial charge in [0.2, 0.25) is 5.91 Å². The van der Waals surface area contributed by atoms with E-state index in [1.54, 1.807) is 4.90 Å². The van der Waals surface area contributed by atoms with E-state index in [0.717, 1.165) is 37.3 Å². The Morgan fingerprint density at radius 2 is 1.90 bits per heavy atom. The monoisotopic (exact) mass is 281 g/mol. The lowest BCUT2D eigenvalue weighted by molar-refractivity contribution is -0.138. The van der Waals surface area contributed by atoms with Crippen LogP contribution in [-0.2, 0) is 9.59 Å². The first-order valence-corrected chi connectivity index (χ1v) is 7.38. The zero-order valence-electron chi connectivity index (χ0n) is 12.2. The molecule has 2 heterocycles. The normalized spacial score (nSPS) is 23.4. The van der Waals surface area contributed by atoms with Crippen LogP contribution in [0.3, 0.4) is 0 Å². The fourth-order valence-electron chi connectivity index (χ4n) is 2.74. The molecular formula is C14H23N3O3. The summed E-state index contributed by atoms with van der Waals surface area (Å²) in [6, 6.07) is -0.914. The molecule has 2 aliphatic heterocycles. The Hall–Kier alpha value is -1.59. The SMILES string of the molecule is CC(C)CC1NC(=O)N(CC(=O)N2CCCCC2)C1=O. The molecule has 6 nitrogen and oxygen atoms in total. The molecule has 1 atom stereocenters. The van der Waals surface area contributed by atoms with Crippen LogP contribution in [0, 0.1) is 5.92 Å². The predicted molar refractivity (Wildman–Crippen MR) is 73.9 cm³/mol. The summed E-state index contributed by atoms with van der Waals surface area (Å²) in [5.74, 6) is -0.0746. The van der Waals surface area contributed by atoms with Gasteiger partial charge in [0.15, 0.2) is 0 Å². The summed E-state index contributed by atoms with van der Waals surface area (Å²) in [7, 11) is 0. The number of carbonyl (C=O) groups is 3. The molecule has 112 valence electrons. The summed E-state index contributed by atoms with van der Waals surface area (Å²) < 4.78 is 0. The van der Waals surface area contributed by atoms with E-state index in [9.17, 15) is 14.4 Å². The smallest absolute Gasteiger partial charge is 0.325 e. The maximum absolute atomic E-state index is 12.1. The van der Waals surface area contributed by atoms with Gasteiger partial charge in [0.25, 0.3) is 5.91 Å². The van der Waals surface area contributed by atoms with E-state index in [1.165, 1.54) is 0 Å². The minimum atomic E-state index is -0.475. The number of nitrogens with one attached hydrogen (secondary N) is 1. The van der Waals surface area contributed by atoms with E-state index in [-0.39, 0.29) is 18.4 Å². The molecule has 0 aromatic carbocycles. The Balaban J connectivity index is 1.93. The molecule has 0 aliphatic carbocycles. The van der Waals surface area contributed by atoms with Crippen LogP contribution in [0.2, 0.25) is 0 Å². The molecule has 20 heavy (non-hydrogen) atoms. The zero-order valence-corrected chi connectivity index (χ0v) is 12.2. The second kappa shape index (κ2) is 6.24. The minimum Gasteiger partial charge on any atom is -0.341 e. The summed E-state index contributed by atoms with van der Waals surface area (Å²) in [6.45, 7) is 5.34. The van der Waals surface area contributed by atoms with Gasteiger partial charge in [-0.1, -0.05) is 13.8 Å². The van der Waals surface area contributed by atoms with Gasteiger partial charge in [-0.15, -0.1) is 0 Å². The van der Waals surface area contributed by atoms with Crippen molar-refractivity contribution in [2.24, 2.45) is 5.92 Å².